The van der Waals surface area contributed by atoms with Crippen molar-refractivity contribution in [2.45, 2.75) is 76.0 Å². The molecule has 1 saturated heterocycles. The highest BCUT2D eigenvalue weighted by Gasteiger charge is 2.37. The van der Waals surface area contributed by atoms with Crippen molar-refractivity contribution in [3.05, 3.63) is 48.3 Å². The lowest BCUT2D eigenvalue weighted by Crippen LogP contribution is -2.46. The third kappa shape index (κ3) is 10.7. The Bertz CT molecular complexity index is 1230. The molecule has 2 aromatic rings. The SMILES string of the molecule is COCCC(=O)Oc1c(OC)ccnc1C(=O)N[C@H]1CCC[C@H](Oc2ccccc2)[C@@H](OCCCC(F)(F)F)[C@H](C)OC1=O. The van der Waals surface area contributed by atoms with Crippen LogP contribution in [0.15, 0.2) is 42.6 Å². The number of carbonyl (C=O) groups excluding carboxylic acids is 3. The van der Waals surface area contributed by atoms with Crippen molar-refractivity contribution in [1.82, 2.24) is 10.3 Å². The smallest absolute Gasteiger partial charge is 0.389 e. The third-order valence-corrected chi connectivity index (χ3v) is 6.68. The van der Waals surface area contributed by atoms with Crippen LogP contribution in [0.2, 0.25) is 0 Å². The first kappa shape index (κ1) is 34.6. The molecule has 0 bridgehead atoms. The number of hydrogen-bond donors (Lipinski definition) is 1. The zero-order valence-corrected chi connectivity index (χ0v) is 24.8. The number of nitrogens with zero attached hydrogens (tertiary/aromatic N) is 1. The fourth-order valence-corrected chi connectivity index (χ4v) is 4.53. The van der Waals surface area contributed by atoms with Gasteiger partial charge in [0.1, 0.15) is 30.1 Å². The Morgan fingerprint density at radius 2 is 1.84 bits per heavy atom. The number of amides is 1. The lowest BCUT2D eigenvalue weighted by molar-refractivity contribution is -0.164. The molecule has 242 valence electrons. The van der Waals surface area contributed by atoms with Crippen LogP contribution in [0.4, 0.5) is 13.2 Å². The summed E-state index contributed by atoms with van der Waals surface area (Å²) in [6, 6.07) is 9.09. The maximum Gasteiger partial charge on any atom is 0.389 e. The van der Waals surface area contributed by atoms with Gasteiger partial charge in [-0.3, -0.25) is 9.59 Å². The van der Waals surface area contributed by atoms with Crippen molar-refractivity contribution >= 4 is 17.8 Å². The van der Waals surface area contributed by atoms with Gasteiger partial charge >= 0.3 is 18.1 Å². The summed E-state index contributed by atoms with van der Waals surface area (Å²) in [6.45, 7) is 1.42. The maximum absolute atomic E-state index is 13.3. The predicted octanol–water partition coefficient (Wildman–Crippen LogP) is 4.42. The molecule has 3 rings (SSSR count). The van der Waals surface area contributed by atoms with Gasteiger partial charge in [-0.25, -0.2) is 9.78 Å². The van der Waals surface area contributed by atoms with Gasteiger partial charge in [-0.15, -0.1) is 0 Å². The van der Waals surface area contributed by atoms with E-state index in [1.54, 1.807) is 31.2 Å². The number of nitrogens with one attached hydrogen (secondary N) is 1. The van der Waals surface area contributed by atoms with Crippen LogP contribution in [0, 0.1) is 0 Å². The van der Waals surface area contributed by atoms with E-state index >= 15 is 0 Å². The number of carbonyl (C=O) groups is 3. The Morgan fingerprint density at radius 3 is 2.52 bits per heavy atom. The van der Waals surface area contributed by atoms with Gasteiger partial charge in [-0.05, 0) is 44.7 Å². The van der Waals surface area contributed by atoms with Crippen LogP contribution in [0.25, 0.3) is 0 Å². The van der Waals surface area contributed by atoms with Crippen LogP contribution < -0.4 is 19.5 Å². The first-order valence-electron chi connectivity index (χ1n) is 14.2. The lowest BCUT2D eigenvalue weighted by atomic mass is 10.0. The van der Waals surface area contributed by atoms with Gasteiger partial charge in [-0.1, -0.05) is 18.2 Å². The molecule has 0 saturated carbocycles. The number of benzene rings is 1. The summed E-state index contributed by atoms with van der Waals surface area (Å²) >= 11 is 0. The van der Waals surface area contributed by atoms with E-state index in [4.69, 9.17) is 28.4 Å². The third-order valence-electron chi connectivity index (χ3n) is 6.68. The second-order valence-electron chi connectivity index (χ2n) is 10.0. The van der Waals surface area contributed by atoms with Gasteiger partial charge in [0.15, 0.2) is 11.4 Å². The van der Waals surface area contributed by atoms with Gasteiger partial charge < -0.3 is 33.7 Å². The Labute approximate surface area is 253 Å². The highest BCUT2D eigenvalue weighted by molar-refractivity contribution is 5.98. The number of pyridine rings is 1. The van der Waals surface area contributed by atoms with E-state index in [0.29, 0.717) is 18.6 Å². The molecule has 0 unspecified atom stereocenters. The Hall–Kier alpha value is -3.91. The minimum absolute atomic E-state index is 0.0769. The zero-order chi connectivity index (χ0) is 32.1. The van der Waals surface area contributed by atoms with Crippen LogP contribution in [-0.2, 0) is 23.8 Å². The number of hydrogen-bond acceptors (Lipinski definition) is 10. The summed E-state index contributed by atoms with van der Waals surface area (Å²) in [6.07, 6.45) is -6.08. The fourth-order valence-electron chi connectivity index (χ4n) is 4.53. The molecule has 1 amide bonds. The summed E-state index contributed by atoms with van der Waals surface area (Å²) in [5.41, 5.74) is -0.285. The average Bonchev–Trinajstić information content (AvgIpc) is 3.03. The van der Waals surface area contributed by atoms with Gasteiger partial charge in [0, 0.05) is 32.4 Å². The molecule has 0 radical (unpaired) electrons. The second-order valence-corrected chi connectivity index (χ2v) is 10.0. The summed E-state index contributed by atoms with van der Waals surface area (Å²) in [7, 11) is 2.75. The predicted molar refractivity (Wildman–Crippen MR) is 149 cm³/mol. The van der Waals surface area contributed by atoms with Crippen LogP contribution in [0.3, 0.4) is 0 Å². The Balaban J connectivity index is 1.78. The first-order valence-corrected chi connectivity index (χ1v) is 14.2. The number of esters is 2. The zero-order valence-electron chi connectivity index (χ0n) is 24.8. The Morgan fingerprint density at radius 1 is 1.09 bits per heavy atom. The number of para-hydroxylation sites is 1. The van der Waals surface area contributed by atoms with E-state index in [-0.39, 0.29) is 49.7 Å². The number of cyclic esters (lactones) is 1. The van der Waals surface area contributed by atoms with Crippen LogP contribution >= 0.6 is 0 Å². The quantitative estimate of drug-likeness (QED) is 0.252. The molecule has 14 heteroatoms. The summed E-state index contributed by atoms with van der Waals surface area (Å²) in [5.74, 6) is -1.91. The Kier molecular flexibility index (Phi) is 13.2. The largest absolute Gasteiger partial charge is 0.493 e. The standard InChI is InChI=1S/C30H37F3N2O9/c1-19-26(41-17-8-15-30(31,32)33)23(43-20-9-5-4-6-10-20)12-7-11-21(29(38)42-19)35-28(37)25-27(22(40-3)13-16-34-25)44-24(36)14-18-39-2/h4-6,9-10,13,16,19,21,23,26H,7-8,11-12,14-15,17-18H2,1-3H3,(H,35,37)/t19-,21-,23-,26-/m0/s1. The molecule has 1 aromatic carbocycles. The molecule has 1 aliphatic heterocycles. The molecule has 0 spiro atoms. The summed E-state index contributed by atoms with van der Waals surface area (Å²) in [4.78, 5) is 42.9. The van der Waals surface area contributed by atoms with E-state index in [2.05, 4.69) is 10.3 Å². The average molecular weight is 627 g/mol. The molecule has 11 nitrogen and oxygen atoms in total. The highest BCUT2D eigenvalue weighted by atomic mass is 19.4. The first-order chi connectivity index (χ1) is 21.0. The molecule has 1 fully saturated rings. The number of ether oxygens (including phenoxy) is 6. The van der Waals surface area contributed by atoms with Crippen LogP contribution in [0.5, 0.6) is 17.2 Å². The van der Waals surface area contributed by atoms with E-state index < -0.39 is 54.8 Å². The molecule has 1 N–H and O–H groups in total. The van der Waals surface area contributed by atoms with Gasteiger partial charge in [-0.2, -0.15) is 13.2 Å². The molecule has 0 aliphatic carbocycles. The highest BCUT2D eigenvalue weighted by Crippen LogP contribution is 2.31. The summed E-state index contributed by atoms with van der Waals surface area (Å²) < 4.78 is 71.2. The molecule has 1 aromatic heterocycles. The second kappa shape index (κ2) is 16.8. The van der Waals surface area contributed by atoms with Crippen LogP contribution in [0.1, 0.15) is 55.9 Å². The molecule has 44 heavy (non-hydrogen) atoms. The van der Waals surface area contributed by atoms with Crippen LogP contribution in [-0.4, -0.2) is 80.8 Å². The van der Waals surface area contributed by atoms with Gasteiger partial charge in [0.05, 0.1) is 20.1 Å². The van der Waals surface area contributed by atoms with E-state index in [0.717, 1.165) is 0 Å². The number of halogens is 3. The number of methoxy groups -OCH3 is 2. The molecular formula is C30H37F3N2O9. The normalized spacial score (nSPS) is 20.8. The molecule has 4 atom stereocenters. The van der Waals surface area contributed by atoms with Gasteiger partial charge in [0.25, 0.3) is 5.91 Å². The minimum atomic E-state index is -4.33. The van der Waals surface area contributed by atoms with Crippen molar-refractivity contribution in [2.24, 2.45) is 0 Å². The summed E-state index contributed by atoms with van der Waals surface area (Å²) in [5, 5.41) is 2.60. The molecular weight excluding hydrogens is 589 g/mol. The maximum atomic E-state index is 13.3. The fraction of sp³-hybridized carbons (Fsp3) is 0.533. The van der Waals surface area contributed by atoms with Crippen molar-refractivity contribution in [1.29, 1.82) is 0 Å². The van der Waals surface area contributed by atoms with E-state index in [1.807, 2.05) is 6.07 Å². The number of rotatable bonds is 13. The van der Waals surface area contributed by atoms with Crippen molar-refractivity contribution in [2.75, 3.05) is 27.4 Å². The van der Waals surface area contributed by atoms with E-state index in [9.17, 15) is 27.6 Å². The topological polar surface area (TPSA) is 132 Å². The van der Waals surface area contributed by atoms with Crippen molar-refractivity contribution in [3.63, 3.8) is 0 Å². The van der Waals surface area contributed by atoms with E-state index in [1.165, 1.54) is 26.5 Å². The number of aromatic nitrogens is 1. The van der Waals surface area contributed by atoms with Gasteiger partial charge in [0.2, 0.25) is 5.75 Å². The van der Waals surface area contributed by atoms with Crippen molar-refractivity contribution in [3.8, 4) is 17.2 Å². The minimum Gasteiger partial charge on any atom is -0.493 e. The molecule has 2 heterocycles. The lowest BCUT2D eigenvalue weighted by Gasteiger charge is -2.31. The number of alkyl halides is 3. The molecule has 1 aliphatic rings. The monoisotopic (exact) mass is 626 g/mol. The van der Waals surface area contributed by atoms with Crippen molar-refractivity contribution < 1.29 is 56.0 Å².